The average molecular weight is 475 g/mol. The molecule has 0 radical (unpaired) electrons. The number of carbonyl (C=O) groups is 2. The standard InChI is InChI=1S/C23H24Cl2N4O3/c1-3-4-5-6-15(2)22(31)26-14-20(30)29-11-9-16(10-12-29)23-27-21(28-32-23)17-7-8-18(24)19(25)13-17/h3-8,13,16H,1,9-12,14H2,2H3,(H,26,31)/b5-4-,15-6+. The molecule has 3 rings (SSSR count). The van der Waals surface area contributed by atoms with E-state index >= 15 is 0 Å². The first-order valence-corrected chi connectivity index (χ1v) is 11.0. The maximum Gasteiger partial charge on any atom is 0.247 e. The minimum absolute atomic E-state index is 0.0398. The molecule has 1 fully saturated rings. The summed E-state index contributed by atoms with van der Waals surface area (Å²) in [6.45, 7) is 6.33. The maximum atomic E-state index is 12.5. The van der Waals surface area contributed by atoms with Crippen molar-refractivity contribution in [3.8, 4) is 11.4 Å². The van der Waals surface area contributed by atoms with Gasteiger partial charge < -0.3 is 14.7 Å². The Morgan fingerprint density at radius 3 is 2.69 bits per heavy atom. The van der Waals surface area contributed by atoms with Crippen LogP contribution in [0.5, 0.6) is 0 Å². The van der Waals surface area contributed by atoms with Gasteiger partial charge in [-0.2, -0.15) is 4.98 Å². The Balaban J connectivity index is 1.50. The van der Waals surface area contributed by atoms with Gasteiger partial charge in [0.1, 0.15) is 0 Å². The number of amides is 2. The van der Waals surface area contributed by atoms with Gasteiger partial charge in [0, 0.05) is 30.1 Å². The van der Waals surface area contributed by atoms with Crippen molar-refractivity contribution in [3.63, 3.8) is 0 Å². The molecule has 0 atom stereocenters. The summed E-state index contributed by atoms with van der Waals surface area (Å²) in [5, 5.41) is 7.59. The van der Waals surface area contributed by atoms with Gasteiger partial charge in [-0.15, -0.1) is 0 Å². The molecular formula is C23H24Cl2N4O3. The van der Waals surface area contributed by atoms with Crippen LogP contribution < -0.4 is 5.32 Å². The van der Waals surface area contributed by atoms with Crippen LogP contribution in [-0.2, 0) is 9.59 Å². The van der Waals surface area contributed by atoms with E-state index in [0.717, 1.165) is 5.56 Å². The summed E-state index contributed by atoms with van der Waals surface area (Å²) in [7, 11) is 0. The number of hydrogen-bond donors (Lipinski definition) is 1. The van der Waals surface area contributed by atoms with Crippen molar-refractivity contribution in [3.05, 3.63) is 70.6 Å². The summed E-state index contributed by atoms with van der Waals surface area (Å²) in [6.07, 6.45) is 8.14. The van der Waals surface area contributed by atoms with E-state index in [1.54, 1.807) is 54.3 Å². The van der Waals surface area contributed by atoms with Crippen LogP contribution in [0.3, 0.4) is 0 Å². The van der Waals surface area contributed by atoms with Crippen LogP contribution in [0.1, 0.15) is 31.6 Å². The molecule has 1 aliphatic heterocycles. The summed E-state index contributed by atoms with van der Waals surface area (Å²) < 4.78 is 5.45. The van der Waals surface area contributed by atoms with Gasteiger partial charge >= 0.3 is 0 Å². The van der Waals surface area contributed by atoms with Crippen molar-refractivity contribution in [2.24, 2.45) is 0 Å². The molecule has 1 aliphatic rings. The highest BCUT2D eigenvalue weighted by atomic mass is 35.5. The Morgan fingerprint density at radius 2 is 2.00 bits per heavy atom. The quantitative estimate of drug-likeness (QED) is 0.469. The van der Waals surface area contributed by atoms with E-state index in [1.807, 2.05) is 0 Å². The van der Waals surface area contributed by atoms with Crippen molar-refractivity contribution in [1.29, 1.82) is 0 Å². The summed E-state index contributed by atoms with van der Waals surface area (Å²) >= 11 is 12.0. The first-order valence-electron chi connectivity index (χ1n) is 10.2. The lowest BCUT2D eigenvalue weighted by Crippen LogP contribution is -2.43. The van der Waals surface area contributed by atoms with Gasteiger partial charge in [0.25, 0.3) is 0 Å². The molecule has 2 aromatic rings. The van der Waals surface area contributed by atoms with Gasteiger partial charge in [-0.1, -0.05) is 59.2 Å². The second kappa shape index (κ2) is 11.1. The number of nitrogens with one attached hydrogen (secondary N) is 1. The minimum atomic E-state index is -0.275. The molecule has 1 saturated heterocycles. The second-order valence-electron chi connectivity index (χ2n) is 7.39. The predicted molar refractivity (Wildman–Crippen MR) is 124 cm³/mol. The molecule has 1 aromatic heterocycles. The van der Waals surface area contributed by atoms with Crippen LogP contribution >= 0.6 is 23.2 Å². The van der Waals surface area contributed by atoms with Crippen LogP contribution in [0.4, 0.5) is 0 Å². The highest BCUT2D eigenvalue weighted by molar-refractivity contribution is 6.42. The second-order valence-corrected chi connectivity index (χ2v) is 8.21. The molecule has 9 heteroatoms. The number of carbonyl (C=O) groups excluding carboxylic acids is 2. The maximum absolute atomic E-state index is 12.5. The number of aromatic nitrogens is 2. The van der Waals surface area contributed by atoms with Crippen molar-refractivity contribution < 1.29 is 14.1 Å². The molecule has 2 amide bonds. The van der Waals surface area contributed by atoms with Gasteiger partial charge in [-0.3, -0.25) is 9.59 Å². The molecule has 7 nitrogen and oxygen atoms in total. The van der Waals surface area contributed by atoms with E-state index in [2.05, 4.69) is 22.0 Å². The lowest BCUT2D eigenvalue weighted by molar-refractivity contribution is -0.133. The average Bonchev–Trinajstić information content (AvgIpc) is 3.29. The zero-order valence-corrected chi connectivity index (χ0v) is 19.2. The van der Waals surface area contributed by atoms with Gasteiger partial charge in [0.2, 0.25) is 23.5 Å². The number of rotatable bonds is 7. The zero-order chi connectivity index (χ0) is 23.1. The van der Waals surface area contributed by atoms with Gasteiger partial charge in [-0.25, -0.2) is 0 Å². The lowest BCUT2D eigenvalue weighted by Gasteiger charge is -2.30. The van der Waals surface area contributed by atoms with Gasteiger partial charge in [0.15, 0.2) is 0 Å². The van der Waals surface area contributed by atoms with Crippen molar-refractivity contribution in [1.82, 2.24) is 20.4 Å². The summed E-state index contributed by atoms with van der Waals surface area (Å²) in [5.41, 5.74) is 1.24. The Bertz CT molecular complexity index is 1050. The Labute approximate surface area is 196 Å². The molecule has 2 heterocycles. The number of piperidine rings is 1. The van der Waals surface area contributed by atoms with E-state index in [9.17, 15) is 9.59 Å². The molecule has 1 N–H and O–H groups in total. The molecule has 0 aliphatic carbocycles. The molecule has 0 bridgehead atoms. The lowest BCUT2D eigenvalue weighted by atomic mass is 9.96. The first-order chi connectivity index (χ1) is 15.4. The van der Waals surface area contributed by atoms with Crippen molar-refractivity contribution in [2.75, 3.05) is 19.6 Å². The predicted octanol–water partition coefficient (Wildman–Crippen LogP) is 4.55. The molecule has 32 heavy (non-hydrogen) atoms. The molecule has 1 aromatic carbocycles. The van der Waals surface area contributed by atoms with Crippen molar-refractivity contribution in [2.45, 2.75) is 25.7 Å². The number of nitrogens with zero attached hydrogens (tertiary/aromatic N) is 3. The van der Waals surface area contributed by atoms with E-state index < -0.39 is 0 Å². The number of benzene rings is 1. The van der Waals surface area contributed by atoms with E-state index in [1.165, 1.54) is 0 Å². The van der Waals surface area contributed by atoms with Crippen LogP contribution in [0.15, 0.2) is 59.2 Å². The zero-order valence-electron chi connectivity index (χ0n) is 17.7. The first kappa shape index (κ1) is 23.8. The third kappa shape index (κ3) is 6.08. The van der Waals surface area contributed by atoms with Crippen molar-refractivity contribution >= 4 is 35.0 Å². The van der Waals surface area contributed by atoms with Crippen LogP contribution in [0.2, 0.25) is 10.0 Å². The summed E-state index contributed by atoms with van der Waals surface area (Å²) in [6, 6.07) is 5.17. The SMILES string of the molecule is C=C/C=C\C=C(/C)C(=O)NCC(=O)N1CCC(c2nc(-c3ccc(Cl)c(Cl)c3)no2)CC1. The monoisotopic (exact) mass is 474 g/mol. The van der Waals surface area contributed by atoms with Crippen LogP contribution in [-0.4, -0.2) is 46.5 Å². The molecule has 0 saturated carbocycles. The Morgan fingerprint density at radius 1 is 1.25 bits per heavy atom. The topological polar surface area (TPSA) is 88.3 Å². The largest absolute Gasteiger partial charge is 0.343 e. The number of hydrogen-bond acceptors (Lipinski definition) is 5. The van der Waals surface area contributed by atoms with E-state index in [4.69, 9.17) is 27.7 Å². The van der Waals surface area contributed by atoms with Crippen LogP contribution in [0, 0.1) is 0 Å². The fraction of sp³-hybridized carbons (Fsp3) is 0.304. The van der Waals surface area contributed by atoms with E-state index in [0.29, 0.717) is 53.3 Å². The highest BCUT2D eigenvalue weighted by Crippen LogP contribution is 2.30. The van der Waals surface area contributed by atoms with Gasteiger partial charge in [-0.05, 0) is 38.0 Å². The fourth-order valence-electron chi connectivity index (χ4n) is 3.29. The Hall–Kier alpha value is -2.90. The van der Waals surface area contributed by atoms with E-state index in [-0.39, 0.29) is 24.3 Å². The molecule has 168 valence electrons. The number of likely N-dealkylation sites (tertiary alicyclic amines) is 1. The number of allylic oxidation sites excluding steroid dienone is 4. The molecule has 0 unspecified atom stereocenters. The number of halogens is 2. The third-order valence-electron chi connectivity index (χ3n) is 5.17. The third-order valence-corrected chi connectivity index (χ3v) is 5.91. The Kier molecular flexibility index (Phi) is 8.25. The summed E-state index contributed by atoms with van der Waals surface area (Å²) in [4.78, 5) is 30.8. The smallest absolute Gasteiger partial charge is 0.247 e. The minimum Gasteiger partial charge on any atom is -0.343 e. The van der Waals surface area contributed by atoms with Gasteiger partial charge in [0.05, 0.1) is 16.6 Å². The fourth-order valence-corrected chi connectivity index (χ4v) is 3.59. The normalized spacial score (nSPS) is 15.2. The highest BCUT2D eigenvalue weighted by Gasteiger charge is 2.27. The molecule has 0 spiro atoms. The summed E-state index contributed by atoms with van der Waals surface area (Å²) in [5.74, 6) is 0.668. The molecular weight excluding hydrogens is 451 g/mol. The van der Waals surface area contributed by atoms with Crippen LogP contribution in [0.25, 0.3) is 11.4 Å².